The first-order valence-electron chi connectivity index (χ1n) is 12.5. The summed E-state index contributed by atoms with van der Waals surface area (Å²) in [4.78, 5) is 16.0. The number of fused-ring (bicyclic) bond motifs is 1. The summed E-state index contributed by atoms with van der Waals surface area (Å²) in [7, 11) is 0. The molecule has 9 nitrogen and oxygen atoms in total. The molecule has 0 radical (unpaired) electrons. The number of hydrogen-bond donors (Lipinski definition) is 2. The van der Waals surface area contributed by atoms with Gasteiger partial charge < -0.3 is 19.8 Å². The molecule has 206 valence electrons. The number of hydrogen-bond acceptors (Lipinski definition) is 8. The van der Waals surface area contributed by atoms with Crippen molar-refractivity contribution in [3.05, 3.63) is 60.2 Å². The van der Waals surface area contributed by atoms with Crippen LogP contribution in [0.15, 0.2) is 42.9 Å². The number of aromatic nitrogens is 5. The SMILES string of the molecule is CC(C)(O)[C@@](C)(O)c1cc2nc(-c3cnn(CF)c3)c(N3CCC(Oc4ccc(F)cc4F)CC3)nc2cn1. The van der Waals surface area contributed by atoms with E-state index >= 15 is 0 Å². The van der Waals surface area contributed by atoms with Crippen LogP contribution in [0, 0.1) is 11.6 Å². The minimum Gasteiger partial charge on any atom is -0.487 e. The summed E-state index contributed by atoms with van der Waals surface area (Å²) in [6.45, 7) is 4.67. The van der Waals surface area contributed by atoms with E-state index in [9.17, 15) is 23.4 Å². The molecule has 4 aromatic rings. The van der Waals surface area contributed by atoms with E-state index in [0.717, 1.165) is 16.8 Å². The Balaban J connectivity index is 1.47. The molecule has 0 spiro atoms. The molecule has 2 N–H and O–H groups in total. The van der Waals surface area contributed by atoms with Gasteiger partial charge in [-0.1, -0.05) is 0 Å². The van der Waals surface area contributed by atoms with Gasteiger partial charge in [0, 0.05) is 43.8 Å². The number of alkyl halides is 1. The maximum atomic E-state index is 14.1. The van der Waals surface area contributed by atoms with Gasteiger partial charge >= 0.3 is 0 Å². The highest BCUT2D eigenvalue weighted by Gasteiger charge is 2.41. The second-order valence-electron chi connectivity index (χ2n) is 10.4. The summed E-state index contributed by atoms with van der Waals surface area (Å²) in [6.07, 6.45) is 5.34. The first kappa shape index (κ1) is 26.8. The molecule has 0 bridgehead atoms. The molecule has 3 aromatic heterocycles. The predicted octanol–water partition coefficient (Wildman–Crippen LogP) is 4.12. The molecular formula is C27H29F3N6O3. The summed E-state index contributed by atoms with van der Waals surface area (Å²) >= 11 is 0. The Bertz CT molecular complexity index is 1500. The number of piperidine rings is 1. The fraction of sp³-hybridized carbons (Fsp3) is 0.407. The minimum absolute atomic E-state index is 0.00323. The summed E-state index contributed by atoms with van der Waals surface area (Å²) in [5.74, 6) is -0.876. The highest BCUT2D eigenvalue weighted by molar-refractivity contribution is 5.83. The van der Waals surface area contributed by atoms with Crippen LogP contribution in [0.3, 0.4) is 0 Å². The van der Waals surface area contributed by atoms with E-state index in [1.165, 1.54) is 45.4 Å². The molecule has 39 heavy (non-hydrogen) atoms. The number of nitrogens with zero attached hydrogens (tertiary/aromatic N) is 6. The number of anilines is 1. The smallest absolute Gasteiger partial charge is 0.181 e. The number of benzene rings is 1. The topological polar surface area (TPSA) is 109 Å². The Labute approximate surface area is 222 Å². The van der Waals surface area contributed by atoms with Gasteiger partial charge in [-0.2, -0.15) is 5.10 Å². The van der Waals surface area contributed by atoms with Crippen molar-refractivity contribution in [3.63, 3.8) is 0 Å². The van der Waals surface area contributed by atoms with Crippen molar-refractivity contribution < 1.29 is 28.1 Å². The van der Waals surface area contributed by atoms with Gasteiger partial charge in [-0.25, -0.2) is 27.8 Å². The number of ether oxygens (including phenoxy) is 1. The molecular weight excluding hydrogens is 513 g/mol. The number of rotatable bonds is 7. The van der Waals surface area contributed by atoms with Crippen LogP contribution in [0.5, 0.6) is 5.75 Å². The van der Waals surface area contributed by atoms with E-state index in [4.69, 9.17) is 14.7 Å². The van der Waals surface area contributed by atoms with Crippen LogP contribution in [-0.4, -0.2) is 59.7 Å². The normalized spacial score (nSPS) is 16.5. The Morgan fingerprint density at radius 2 is 1.77 bits per heavy atom. The quantitative estimate of drug-likeness (QED) is 0.359. The standard InChI is InChI=1S/C27H29F3N6O3/c1-26(2,37)27(3,38)23-11-20-21(13-31-23)34-25(24(33-20)16-12-32-36(14-16)15-28)35-8-6-18(7-9-35)39-22-5-4-17(29)10-19(22)30/h4-5,10-14,18,37-38H,6-9,15H2,1-3H3/t27-/m0/s1. The average Bonchev–Trinajstić information content (AvgIpc) is 3.38. The first-order valence-corrected chi connectivity index (χ1v) is 12.5. The van der Waals surface area contributed by atoms with Gasteiger partial charge in [-0.3, -0.25) is 4.98 Å². The van der Waals surface area contributed by atoms with Crippen LogP contribution >= 0.6 is 0 Å². The Morgan fingerprint density at radius 1 is 1.03 bits per heavy atom. The fourth-order valence-electron chi connectivity index (χ4n) is 4.43. The number of pyridine rings is 1. The lowest BCUT2D eigenvalue weighted by Crippen LogP contribution is -2.45. The van der Waals surface area contributed by atoms with Crippen LogP contribution in [0.2, 0.25) is 0 Å². The van der Waals surface area contributed by atoms with Gasteiger partial charge in [0.1, 0.15) is 28.7 Å². The summed E-state index contributed by atoms with van der Waals surface area (Å²) in [6, 6.07) is 4.80. The van der Waals surface area contributed by atoms with Crippen molar-refractivity contribution in [3.8, 4) is 17.0 Å². The van der Waals surface area contributed by atoms with Crippen LogP contribution in [0.25, 0.3) is 22.3 Å². The van der Waals surface area contributed by atoms with Gasteiger partial charge in [0.25, 0.3) is 0 Å². The molecule has 1 fully saturated rings. The molecule has 0 saturated carbocycles. The van der Waals surface area contributed by atoms with Crippen molar-refractivity contribution in [2.45, 2.75) is 57.7 Å². The molecule has 0 aliphatic carbocycles. The number of halogens is 3. The summed E-state index contributed by atoms with van der Waals surface area (Å²) < 4.78 is 47.5. The Morgan fingerprint density at radius 3 is 2.41 bits per heavy atom. The molecule has 4 heterocycles. The zero-order valence-corrected chi connectivity index (χ0v) is 21.8. The fourth-order valence-corrected chi connectivity index (χ4v) is 4.43. The van der Waals surface area contributed by atoms with Gasteiger partial charge in [0.05, 0.1) is 29.2 Å². The minimum atomic E-state index is -1.66. The molecule has 1 aromatic carbocycles. The van der Waals surface area contributed by atoms with E-state index in [2.05, 4.69) is 10.1 Å². The van der Waals surface area contributed by atoms with Crippen molar-refractivity contribution in [1.29, 1.82) is 0 Å². The zero-order chi connectivity index (χ0) is 27.9. The lowest BCUT2D eigenvalue weighted by Gasteiger charge is -2.35. The maximum absolute atomic E-state index is 14.1. The van der Waals surface area contributed by atoms with Gasteiger partial charge in [-0.05, 0) is 39.0 Å². The second-order valence-corrected chi connectivity index (χ2v) is 10.4. The zero-order valence-electron chi connectivity index (χ0n) is 21.8. The summed E-state index contributed by atoms with van der Waals surface area (Å²) in [5.41, 5.74) is -0.999. The van der Waals surface area contributed by atoms with Crippen LogP contribution < -0.4 is 9.64 Å². The molecule has 0 unspecified atom stereocenters. The average molecular weight is 543 g/mol. The van der Waals surface area contributed by atoms with Gasteiger partial charge in [0.2, 0.25) is 0 Å². The second kappa shape index (κ2) is 10.1. The van der Waals surface area contributed by atoms with E-state index in [1.54, 1.807) is 6.07 Å². The van der Waals surface area contributed by atoms with E-state index in [0.29, 0.717) is 54.0 Å². The van der Waals surface area contributed by atoms with Gasteiger partial charge in [0.15, 0.2) is 24.2 Å². The highest BCUT2D eigenvalue weighted by Crippen LogP contribution is 2.35. The Kier molecular flexibility index (Phi) is 6.93. The molecule has 5 rings (SSSR count). The summed E-state index contributed by atoms with van der Waals surface area (Å²) in [5, 5.41) is 25.4. The molecule has 1 aliphatic rings. The molecule has 12 heteroatoms. The van der Waals surface area contributed by atoms with Crippen LogP contribution in [0.4, 0.5) is 19.0 Å². The largest absolute Gasteiger partial charge is 0.487 e. The predicted molar refractivity (Wildman–Crippen MR) is 138 cm³/mol. The van der Waals surface area contributed by atoms with E-state index < -0.39 is 29.6 Å². The van der Waals surface area contributed by atoms with Crippen LogP contribution in [-0.2, 0) is 12.4 Å². The third kappa shape index (κ3) is 5.26. The molecule has 1 atom stereocenters. The molecule has 1 saturated heterocycles. The highest BCUT2D eigenvalue weighted by atomic mass is 19.1. The molecule has 0 amide bonds. The van der Waals surface area contributed by atoms with E-state index in [-0.39, 0.29) is 17.5 Å². The van der Waals surface area contributed by atoms with Crippen molar-refractivity contribution in [1.82, 2.24) is 24.7 Å². The molecule has 1 aliphatic heterocycles. The lowest BCUT2D eigenvalue weighted by molar-refractivity contribution is -0.127. The lowest BCUT2D eigenvalue weighted by atomic mass is 9.84. The van der Waals surface area contributed by atoms with E-state index in [1.807, 2.05) is 4.90 Å². The third-order valence-corrected chi connectivity index (χ3v) is 7.18. The monoisotopic (exact) mass is 542 g/mol. The first-order chi connectivity index (χ1) is 18.5. The Hall–Kier alpha value is -3.77. The number of aliphatic hydroxyl groups is 2. The van der Waals surface area contributed by atoms with Crippen molar-refractivity contribution in [2.24, 2.45) is 0 Å². The van der Waals surface area contributed by atoms with Gasteiger partial charge in [-0.15, -0.1) is 0 Å². The third-order valence-electron chi connectivity index (χ3n) is 7.18. The van der Waals surface area contributed by atoms with Crippen LogP contribution in [0.1, 0.15) is 39.3 Å². The maximum Gasteiger partial charge on any atom is 0.181 e. The van der Waals surface area contributed by atoms with Crippen molar-refractivity contribution in [2.75, 3.05) is 18.0 Å². The van der Waals surface area contributed by atoms with Crippen molar-refractivity contribution >= 4 is 16.9 Å².